The number of methoxy groups -OCH3 is 2. The maximum atomic E-state index is 5.57. The van der Waals surface area contributed by atoms with Crippen molar-refractivity contribution in [3.05, 3.63) is 47.5 Å². The van der Waals surface area contributed by atoms with Crippen LogP contribution in [0.25, 0.3) is 21.5 Å². The molecule has 0 unspecified atom stereocenters. The second-order valence-corrected chi connectivity index (χ2v) is 5.13. The van der Waals surface area contributed by atoms with Gasteiger partial charge < -0.3 is 9.47 Å². The summed E-state index contributed by atoms with van der Waals surface area (Å²) in [6, 6.07) is 12.8. The van der Waals surface area contributed by atoms with E-state index in [1.807, 2.05) is 0 Å². The van der Waals surface area contributed by atoms with E-state index in [-0.39, 0.29) is 0 Å². The van der Waals surface area contributed by atoms with Crippen molar-refractivity contribution in [1.29, 1.82) is 0 Å². The van der Waals surface area contributed by atoms with Crippen molar-refractivity contribution in [2.24, 2.45) is 0 Å². The molecule has 0 heterocycles. The molecule has 3 aromatic carbocycles. The van der Waals surface area contributed by atoms with Gasteiger partial charge >= 0.3 is 0 Å². The van der Waals surface area contributed by atoms with Gasteiger partial charge in [-0.1, -0.05) is 24.3 Å². The number of ether oxygens (including phenoxy) is 2. The molecule has 0 N–H and O–H groups in total. The lowest BCUT2D eigenvalue weighted by atomic mass is 9.99. The number of hydrogen-bond donors (Lipinski definition) is 0. The molecule has 3 aromatic rings. The number of rotatable bonds is 2. The average Bonchev–Trinajstić information content (AvgIpc) is 2.45. The van der Waals surface area contributed by atoms with Crippen molar-refractivity contribution in [1.82, 2.24) is 0 Å². The van der Waals surface area contributed by atoms with Gasteiger partial charge in [0.2, 0.25) is 0 Å². The molecule has 3 rings (SSSR count). The molecule has 20 heavy (non-hydrogen) atoms. The first-order valence-corrected chi connectivity index (χ1v) is 6.70. The van der Waals surface area contributed by atoms with Crippen LogP contribution in [0.4, 0.5) is 0 Å². The summed E-state index contributed by atoms with van der Waals surface area (Å²) in [7, 11) is 3.44. The molecule has 0 fully saturated rings. The molecule has 2 nitrogen and oxygen atoms in total. The quantitative estimate of drug-likeness (QED) is 0.630. The average molecular weight is 266 g/mol. The third-order valence-electron chi connectivity index (χ3n) is 3.86. The van der Waals surface area contributed by atoms with Crippen LogP contribution < -0.4 is 9.47 Å². The van der Waals surface area contributed by atoms with Crippen LogP contribution in [0.2, 0.25) is 0 Å². The van der Waals surface area contributed by atoms with Gasteiger partial charge in [-0.2, -0.15) is 0 Å². The van der Waals surface area contributed by atoms with Crippen LogP contribution in [0.15, 0.2) is 36.4 Å². The van der Waals surface area contributed by atoms with Crippen molar-refractivity contribution in [3.63, 3.8) is 0 Å². The molecule has 0 amide bonds. The lowest BCUT2D eigenvalue weighted by Gasteiger charge is -2.13. The minimum absolute atomic E-state index is 0.938. The third kappa shape index (κ3) is 1.80. The van der Waals surface area contributed by atoms with Crippen LogP contribution in [-0.2, 0) is 0 Å². The molecule has 0 bridgehead atoms. The molecular weight excluding hydrogens is 248 g/mol. The van der Waals surface area contributed by atoms with Gasteiger partial charge in [0.1, 0.15) is 11.5 Å². The second-order valence-electron chi connectivity index (χ2n) is 5.13. The van der Waals surface area contributed by atoms with Gasteiger partial charge in [0.15, 0.2) is 0 Å². The van der Waals surface area contributed by atoms with Crippen LogP contribution in [0.1, 0.15) is 11.1 Å². The van der Waals surface area contributed by atoms with Crippen LogP contribution in [0.3, 0.4) is 0 Å². The molecule has 0 saturated heterocycles. The first-order chi connectivity index (χ1) is 9.65. The highest BCUT2D eigenvalue weighted by Gasteiger charge is 2.10. The summed E-state index contributed by atoms with van der Waals surface area (Å²) in [6.07, 6.45) is 0. The summed E-state index contributed by atoms with van der Waals surface area (Å²) < 4.78 is 11.1. The molecule has 0 aliphatic carbocycles. The number of aryl methyl sites for hydroxylation is 2. The number of hydrogen-bond acceptors (Lipinski definition) is 2. The smallest absolute Gasteiger partial charge is 0.129 e. The van der Waals surface area contributed by atoms with Crippen LogP contribution in [0, 0.1) is 13.8 Å². The molecule has 0 atom stereocenters. The van der Waals surface area contributed by atoms with Gasteiger partial charge in [0.05, 0.1) is 14.2 Å². The van der Waals surface area contributed by atoms with E-state index in [0.717, 1.165) is 33.4 Å². The Hall–Kier alpha value is -2.22. The molecule has 102 valence electrons. The normalized spacial score (nSPS) is 11.0. The SMILES string of the molecule is COc1c(C)ccc2cc3ccc(C)c(OC)c3cc12. The van der Waals surface area contributed by atoms with Gasteiger partial charge in [0, 0.05) is 10.8 Å². The Morgan fingerprint density at radius 3 is 1.50 bits per heavy atom. The van der Waals surface area contributed by atoms with Crippen LogP contribution >= 0.6 is 0 Å². The Balaban J connectivity index is 2.48. The molecule has 0 aromatic heterocycles. The van der Waals surface area contributed by atoms with Crippen LogP contribution in [0.5, 0.6) is 11.5 Å². The lowest BCUT2D eigenvalue weighted by Crippen LogP contribution is -1.92. The number of benzene rings is 3. The first kappa shape index (κ1) is 12.8. The van der Waals surface area contributed by atoms with Gasteiger partial charge in [-0.05, 0) is 47.9 Å². The van der Waals surface area contributed by atoms with Crippen molar-refractivity contribution in [3.8, 4) is 11.5 Å². The Labute approximate surface area is 118 Å². The minimum atomic E-state index is 0.938. The van der Waals surface area contributed by atoms with Gasteiger partial charge in [-0.3, -0.25) is 0 Å². The van der Waals surface area contributed by atoms with Crippen molar-refractivity contribution < 1.29 is 9.47 Å². The zero-order valence-electron chi connectivity index (χ0n) is 12.3. The fourth-order valence-electron chi connectivity index (χ4n) is 2.85. The van der Waals surface area contributed by atoms with E-state index in [2.05, 4.69) is 50.2 Å². The minimum Gasteiger partial charge on any atom is -0.496 e. The summed E-state index contributed by atoms with van der Waals surface area (Å²) >= 11 is 0. The molecular formula is C18H18O2. The van der Waals surface area contributed by atoms with Crippen molar-refractivity contribution >= 4 is 21.5 Å². The standard InChI is InChI=1S/C18H18O2/c1-11-5-7-13-9-14-8-6-12(2)18(20-4)16(14)10-15(13)17(11)19-3/h5-10H,1-4H3. The monoisotopic (exact) mass is 266 g/mol. The third-order valence-corrected chi connectivity index (χ3v) is 3.86. The van der Waals surface area contributed by atoms with E-state index in [9.17, 15) is 0 Å². The van der Waals surface area contributed by atoms with E-state index in [0.29, 0.717) is 0 Å². The summed E-state index contributed by atoms with van der Waals surface area (Å²) in [5.74, 6) is 1.88. The molecule has 0 saturated carbocycles. The highest BCUT2D eigenvalue weighted by molar-refractivity contribution is 6.04. The van der Waals surface area contributed by atoms with Crippen molar-refractivity contribution in [2.75, 3.05) is 14.2 Å². The predicted molar refractivity (Wildman–Crippen MR) is 84.0 cm³/mol. The molecule has 0 aliphatic heterocycles. The van der Waals surface area contributed by atoms with E-state index in [4.69, 9.17) is 9.47 Å². The maximum absolute atomic E-state index is 5.57. The number of fused-ring (bicyclic) bond motifs is 2. The lowest BCUT2D eigenvalue weighted by molar-refractivity contribution is 0.416. The van der Waals surface area contributed by atoms with E-state index in [1.165, 1.54) is 10.8 Å². The largest absolute Gasteiger partial charge is 0.496 e. The fourth-order valence-corrected chi connectivity index (χ4v) is 2.85. The summed E-state index contributed by atoms with van der Waals surface area (Å²) in [5.41, 5.74) is 2.29. The van der Waals surface area contributed by atoms with Gasteiger partial charge in [-0.25, -0.2) is 0 Å². The Morgan fingerprint density at radius 1 is 0.650 bits per heavy atom. The summed E-state index contributed by atoms with van der Waals surface area (Å²) in [6.45, 7) is 4.13. The molecule has 0 spiro atoms. The Bertz CT molecular complexity index is 738. The van der Waals surface area contributed by atoms with Crippen LogP contribution in [-0.4, -0.2) is 14.2 Å². The maximum Gasteiger partial charge on any atom is 0.129 e. The molecule has 0 radical (unpaired) electrons. The fraction of sp³-hybridized carbons (Fsp3) is 0.222. The van der Waals surface area contributed by atoms with Gasteiger partial charge in [-0.15, -0.1) is 0 Å². The topological polar surface area (TPSA) is 18.5 Å². The Kier molecular flexibility index (Phi) is 3.01. The zero-order chi connectivity index (χ0) is 14.3. The van der Waals surface area contributed by atoms with E-state index >= 15 is 0 Å². The first-order valence-electron chi connectivity index (χ1n) is 6.70. The predicted octanol–water partition coefficient (Wildman–Crippen LogP) is 4.63. The highest BCUT2D eigenvalue weighted by Crippen LogP contribution is 2.37. The van der Waals surface area contributed by atoms with E-state index < -0.39 is 0 Å². The molecule has 0 aliphatic rings. The van der Waals surface area contributed by atoms with E-state index in [1.54, 1.807) is 14.2 Å². The van der Waals surface area contributed by atoms with Gasteiger partial charge in [0.25, 0.3) is 0 Å². The zero-order valence-corrected chi connectivity index (χ0v) is 12.3. The summed E-state index contributed by atoms with van der Waals surface area (Å²) in [5, 5.41) is 4.63. The highest BCUT2D eigenvalue weighted by atomic mass is 16.5. The van der Waals surface area contributed by atoms with Crippen molar-refractivity contribution in [2.45, 2.75) is 13.8 Å². The second kappa shape index (κ2) is 4.71. The Morgan fingerprint density at radius 2 is 1.10 bits per heavy atom. The summed E-state index contributed by atoms with van der Waals surface area (Å²) in [4.78, 5) is 0. The molecule has 2 heteroatoms.